The molecule has 4 heteroatoms. The number of ether oxygens (including phenoxy) is 1. The molecule has 4 nitrogen and oxygen atoms in total. The largest absolute Gasteiger partial charge is 0.494 e. The van der Waals surface area contributed by atoms with E-state index in [2.05, 4.69) is 49.6 Å². The zero-order valence-corrected chi connectivity index (χ0v) is 15.2. The van der Waals surface area contributed by atoms with Crippen LogP contribution in [0.3, 0.4) is 0 Å². The smallest absolute Gasteiger partial charge is 0.119 e. The lowest BCUT2D eigenvalue weighted by Gasteiger charge is -2.11. The molecule has 132 valence electrons. The fourth-order valence-electron chi connectivity index (χ4n) is 3.09. The predicted molar refractivity (Wildman–Crippen MR) is 101 cm³/mol. The number of aliphatic hydroxyl groups is 1. The van der Waals surface area contributed by atoms with Gasteiger partial charge in [-0.2, -0.15) is 0 Å². The first kappa shape index (κ1) is 17.5. The molecular weight excluding hydrogens is 312 g/mol. The topological polar surface area (TPSA) is 47.3 Å². The second kappa shape index (κ2) is 7.70. The van der Waals surface area contributed by atoms with Crippen molar-refractivity contribution in [1.29, 1.82) is 0 Å². The summed E-state index contributed by atoms with van der Waals surface area (Å²) in [4.78, 5) is 4.71. The number of nitrogens with zero attached hydrogens (tertiary/aromatic N) is 2. The van der Waals surface area contributed by atoms with Gasteiger partial charge in [0.2, 0.25) is 0 Å². The summed E-state index contributed by atoms with van der Waals surface area (Å²) < 4.78 is 8.08. The van der Waals surface area contributed by atoms with Gasteiger partial charge in [0.1, 0.15) is 11.6 Å². The average molecular weight is 338 g/mol. The highest BCUT2D eigenvalue weighted by atomic mass is 16.5. The monoisotopic (exact) mass is 338 g/mol. The Hall–Kier alpha value is -2.33. The highest BCUT2D eigenvalue weighted by Crippen LogP contribution is 2.22. The van der Waals surface area contributed by atoms with Crippen molar-refractivity contribution in [2.45, 2.75) is 40.2 Å². The van der Waals surface area contributed by atoms with Crippen LogP contribution in [-0.4, -0.2) is 27.9 Å². The Morgan fingerprint density at radius 3 is 2.64 bits per heavy atom. The Balaban J connectivity index is 1.73. The SMILES string of the molecule is Cc1cccc(OCCCn2c(CCO)nc3cc(C)c(C)cc32)c1. The van der Waals surface area contributed by atoms with Crippen LogP contribution < -0.4 is 4.74 Å². The van der Waals surface area contributed by atoms with E-state index in [1.807, 2.05) is 12.1 Å². The molecule has 0 atom stereocenters. The van der Waals surface area contributed by atoms with Gasteiger partial charge in [-0.3, -0.25) is 0 Å². The fourth-order valence-corrected chi connectivity index (χ4v) is 3.09. The maximum absolute atomic E-state index is 9.35. The standard InChI is InChI=1S/C21H26N2O2/c1-15-6-4-7-18(12-15)25-11-5-9-23-20-14-17(3)16(2)13-19(20)22-21(23)8-10-24/h4,6-7,12-14,24H,5,8-11H2,1-3H3. The third-order valence-electron chi connectivity index (χ3n) is 4.56. The number of imidazole rings is 1. The summed E-state index contributed by atoms with van der Waals surface area (Å²) in [6.45, 7) is 7.90. The van der Waals surface area contributed by atoms with Crippen molar-refractivity contribution in [3.8, 4) is 5.75 Å². The molecule has 25 heavy (non-hydrogen) atoms. The highest BCUT2D eigenvalue weighted by Gasteiger charge is 2.11. The molecule has 2 aromatic carbocycles. The summed E-state index contributed by atoms with van der Waals surface area (Å²) in [5.41, 5.74) is 5.86. The van der Waals surface area contributed by atoms with Crippen LogP contribution >= 0.6 is 0 Å². The van der Waals surface area contributed by atoms with Gasteiger partial charge in [-0.15, -0.1) is 0 Å². The van der Waals surface area contributed by atoms with Gasteiger partial charge in [-0.25, -0.2) is 4.98 Å². The number of hydrogen-bond acceptors (Lipinski definition) is 3. The number of hydrogen-bond donors (Lipinski definition) is 1. The van der Waals surface area contributed by atoms with E-state index >= 15 is 0 Å². The summed E-state index contributed by atoms with van der Waals surface area (Å²) in [5.74, 6) is 1.86. The fraction of sp³-hybridized carbons (Fsp3) is 0.381. The van der Waals surface area contributed by atoms with Gasteiger partial charge < -0.3 is 14.4 Å². The number of fused-ring (bicyclic) bond motifs is 1. The molecule has 0 unspecified atom stereocenters. The lowest BCUT2D eigenvalue weighted by Crippen LogP contribution is -2.09. The van der Waals surface area contributed by atoms with E-state index in [0.717, 1.165) is 35.6 Å². The molecule has 0 spiro atoms. The molecule has 0 fully saturated rings. The van der Waals surface area contributed by atoms with Gasteiger partial charge in [0.15, 0.2) is 0 Å². The van der Waals surface area contributed by atoms with Crippen LogP contribution in [0.15, 0.2) is 36.4 Å². The van der Waals surface area contributed by atoms with Crippen LogP contribution in [0.5, 0.6) is 5.75 Å². The average Bonchev–Trinajstić information content (AvgIpc) is 2.89. The molecule has 3 aromatic rings. The van der Waals surface area contributed by atoms with Crippen LogP contribution in [-0.2, 0) is 13.0 Å². The lowest BCUT2D eigenvalue weighted by molar-refractivity contribution is 0.289. The third kappa shape index (κ3) is 4.02. The number of benzene rings is 2. The molecule has 1 aromatic heterocycles. The Kier molecular flexibility index (Phi) is 5.39. The van der Waals surface area contributed by atoms with E-state index in [9.17, 15) is 5.11 Å². The molecule has 3 rings (SSSR count). The van der Waals surface area contributed by atoms with Gasteiger partial charge in [-0.05, 0) is 68.1 Å². The van der Waals surface area contributed by atoms with Crippen molar-refractivity contribution in [1.82, 2.24) is 9.55 Å². The zero-order chi connectivity index (χ0) is 17.8. The quantitative estimate of drug-likeness (QED) is 0.663. The summed E-state index contributed by atoms with van der Waals surface area (Å²) in [6.07, 6.45) is 1.47. The van der Waals surface area contributed by atoms with Gasteiger partial charge >= 0.3 is 0 Å². The minimum absolute atomic E-state index is 0.112. The van der Waals surface area contributed by atoms with Crippen molar-refractivity contribution in [2.24, 2.45) is 0 Å². The molecule has 0 aliphatic heterocycles. The van der Waals surface area contributed by atoms with E-state index in [4.69, 9.17) is 9.72 Å². The Morgan fingerprint density at radius 1 is 1.08 bits per heavy atom. The molecule has 0 aliphatic rings. The van der Waals surface area contributed by atoms with Crippen LogP contribution in [0.1, 0.15) is 28.9 Å². The first-order valence-corrected chi connectivity index (χ1v) is 8.85. The molecule has 0 saturated carbocycles. The van der Waals surface area contributed by atoms with E-state index in [-0.39, 0.29) is 6.61 Å². The number of aryl methyl sites for hydroxylation is 4. The summed E-state index contributed by atoms with van der Waals surface area (Å²) in [6, 6.07) is 12.4. The van der Waals surface area contributed by atoms with Crippen molar-refractivity contribution < 1.29 is 9.84 Å². The Bertz CT molecular complexity index is 868. The number of aliphatic hydroxyl groups excluding tert-OH is 1. The van der Waals surface area contributed by atoms with Crippen LogP contribution in [0.2, 0.25) is 0 Å². The normalized spacial score (nSPS) is 11.2. The number of aromatic nitrogens is 2. The second-order valence-corrected chi connectivity index (χ2v) is 6.60. The van der Waals surface area contributed by atoms with Crippen LogP contribution in [0.4, 0.5) is 0 Å². The van der Waals surface area contributed by atoms with Gasteiger partial charge in [0.25, 0.3) is 0 Å². The molecule has 0 aliphatic carbocycles. The minimum Gasteiger partial charge on any atom is -0.494 e. The molecule has 0 amide bonds. The Morgan fingerprint density at radius 2 is 1.88 bits per heavy atom. The molecule has 1 N–H and O–H groups in total. The van der Waals surface area contributed by atoms with Crippen molar-refractivity contribution in [3.63, 3.8) is 0 Å². The maximum atomic E-state index is 9.35. The van der Waals surface area contributed by atoms with Crippen LogP contribution in [0, 0.1) is 20.8 Å². The molecule has 0 radical (unpaired) electrons. The summed E-state index contributed by atoms with van der Waals surface area (Å²) in [7, 11) is 0. The first-order valence-electron chi connectivity index (χ1n) is 8.85. The molecular formula is C21H26N2O2. The lowest BCUT2D eigenvalue weighted by atomic mass is 10.1. The van der Waals surface area contributed by atoms with Gasteiger partial charge in [0, 0.05) is 13.0 Å². The minimum atomic E-state index is 0.112. The predicted octanol–water partition coefficient (Wildman–Crippen LogP) is 3.97. The molecule has 0 saturated heterocycles. The summed E-state index contributed by atoms with van der Waals surface area (Å²) >= 11 is 0. The summed E-state index contributed by atoms with van der Waals surface area (Å²) in [5, 5.41) is 9.35. The second-order valence-electron chi connectivity index (χ2n) is 6.60. The van der Waals surface area contributed by atoms with E-state index in [0.29, 0.717) is 13.0 Å². The highest BCUT2D eigenvalue weighted by molar-refractivity contribution is 5.78. The first-order chi connectivity index (χ1) is 12.1. The third-order valence-corrected chi connectivity index (χ3v) is 4.56. The van der Waals surface area contributed by atoms with Crippen molar-refractivity contribution in [3.05, 3.63) is 58.9 Å². The van der Waals surface area contributed by atoms with E-state index in [1.165, 1.54) is 16.7 Å². The van der Waals surface area contributed by atoms with Gasteiger partial charge in [-0.1, -0.05) is 12.1 Å². The Labute approximate surface area is 149 Å². The maximum Gasteiger partial charge on any atom is 0.119 e. The molecule has 1 heterocycles. The number of rotatable bonds is 7. The zero-order valence-electron chi connectivity index (χ0n) is 15.2. The van der Waals surface area contributed by atoms with Crippen molar-refractivity contribution in [2.75, 3.05) is 13.2 Å². The van der Waals surface area contributed by atoms with Crippen molar-refractivity contribution >= 4 is 11.0 Å². The van der Waals surface area contributed by atoms with Gasteiger partial charge in [0.05, 0.1) is 24.2 Å². The van der Waals surface area contributed by atoms with E-state index in [1.54, 1.807) is 0 Å². The van der Waals surface area contributed by atoms with Crippen LogP contribution in [0.25, 0.3) is 11.0 Å². The van der Waals surface area contributed by atoms with E-state index < -0.39 is 0 Å². The molecule has 0 bridgehead atoms.